The lowest BCUT2D eigenvalue weighted by Crippen LogP contribution is -2.64. The quantitative estimate of drug-likeness (QED) is 0.229. The highest BCUT2D eigenvalue weighted by Gasteiger charge is 2.68. The largest absolute Gasteiger partial charge is 0.394 e. The summed E-state index contributed by atoms with van der Waals surface area (Å²) in [5.74, 6) is 3.06. The van der Waals surface area contributed by atoms with Crippen molar-refractivity contribution in [1.29, 1.82) is 0 Å². The number of hydrogen-bond acceptors (Lipinski definition) is 12. The van der Waals surface area contributed by atoms with Crippen LogP contribution in [0.25, 0.3) is 0 Å². The molecule has 4 saturated heterocycles. The van der Waals surface area contributed by atoms with Gasteiger partial charge in [-0.05, 0) is 98.7 Å². The monoisotopic (exact) mass is 722 g/mol. The summed E-state index contributed by atoms with van der Waals surface area (Å²) < 4.78 is 37.2. The standard InChI is InChI=1S/C39H62O12/c1-18-8-13-39(46-17-18)19(2)28-26(51-39)15-25-23-7-6-21-14-22(9-11-37(21,4)24(23)10-12-38(25,28)5)48-35-33(45)31(43)34(20(3)47-35)50-36-32(44)30(42)29(41)27(16-40)49-36/h6,18-20,22-36,40-45H,7-17H2,1-5H3. The molecule has 8 rings (SSSR count). The molecule has 4 aliphatic carbocycles. The second-order valence-electron chi connectivity index (χ2n) is 18.3. The van der Waals surface area contributed by atoms with E-state index in [1.165, 1.54) is 24.8 Å². The fourth-order valence-electron chi connectivity index (χ4n) is 12.6. The molecule has 0 aromatic rings. The average molecular weight is 723 g/mol. The van der Waals surface area contributed by atoms with Crippen molar-refractivity contribution in [2.24, 2.45) is 46.3 Å². The zero-order valence-corrected chi connectivity index (χ0v) is 30.9. The molecule has 21 unspecified atom stereocenters. The number of ether oxygens (including phenoxy) is 6. The normalized spacial score (nSPS) is 58.4. The summed E-state index contributed by atoms with van der Waals surface area (Å²) in [6, 6.07) is 0. The van der Waals surface area contributed by atoms with Crippen molar-refractivity contribution in [3.8, 4) is 0 Å². The van der Waals surface area contributed by atoms with Gasteiger partial charge >= 0.3 is 0 Å². The molecule has 21 atom stereocenters. The predicted octanol–water partition coefficient (Wildman–Crippen LogP) is 2.39. The van der Waals surface area contributed by atoms with Gasteiger partial charge in [-0.3, -0.25) is 0 Å². The van der Waals surface area contributed by atoms with E-state index in [1.54, 1.807) is 6.92 Å². The smallest absolute Gasteiger partial charge is 0.187 e. The second-order valence-corrected chi connectivity index (χ2v) is 18.3. The maximum absolute atomic E-state index is 11.1. The Morgan fingerprint density at radius 3 is 2.29 bits per heavy atom. The number of aliphatic hydroxyl groups is 6. The Kier molecular flexibility index (Phi) is 9.83. The van der Waals surface area contributed by atoms with Crippen molar-refractivity contribution in [3.63, 3.8) is 0 Å². The fourth-order valence-corrected chi connectivity index (χ4v) is 12.6. The number of aliphatic hydroxyl groups excluding tert-OH is 6. The summed E-state index contributed by atoms with van der Waals surface area (Å²) in [5.41, 5.74) is 1.80. The molecule has 0 aromatic heterocycles. The molecule has 0 aromatic carbocycles. The summed E-state index contributed by atoms with van der Waals surface area (Å²) in [6.07, 6.45) is -1.22. The molecule has 4 aliphatic heterocycles. The molecule has 0 bridgehead atoms. The molecular formula is C39H62O12. The Morgan fingerprint density at radius 1 is 0.824 bits per heavy atom. The van der Waals surface area contributed by atoms with Gasteiger partial charge in [0.15, 0.2) is 18.4 Å². The summed E-state index contributed by atoms with van der Waals surface area (Å²) in [4.78, 5) is 0. The Morgan fingerprint density at radius 2 is 1.57 bits per heavy atom. The van der Waals surface area contributed by atoms with Gasteiger partial charge in [0.25, 0.3) is 0 Å². The van der Waals surface area contributed by atoms with E-state index in [0.717, 1.165) is 45.1 Å². The van der Waals surface area contributed by atoms with Gasteiger partial charge in [0, 0.05) is 12.3 Å². The lowest BCUT2D eigenvalue weighted by atomic mass is 9.47. The van der Waals surface area contributed by atoms with E-state index in [0.29, 0.717) is 35.5 Å². The third kappa shape index (κ3) is 5.84. The van der Waals surface area contributed by atoms with Crippen LogP contribution in [0.2, 0.25) is 0 Å². The molecule has 3 saturated carbocycles. The average Bonchev–Trinajstić information content (AvgIpc) is 3.55. The first-order valence-electron chi connectivity index (χ1n) is 19.8. The number of rotatable bonds is 5. The highest BCUT2D eigenvalue weighted by Crippen LogP contribution is 2.70. The molecule has 0 amide bonds. The van der Waals surface area contributed by atoms with E-state index >= 15 is 0 Å². The molecule has 1 spiro atoms. The molecule has 51 heavy (non-hydrogen) atoms. The van der Waals surface area contributed by atoms with Crippen LogP contribution >= 0.6 is 0 Å². The van der Waals surface area contributed by atoms with Crippen molar-refractivity contribution in [1.82, 2.24) is 0 Å². The van der Waals surface area contributed by atoms with Crippen molar-refractivity contribution in [3.05, 3.63) is 11.6 Å². The van der Waals surface area contributed by atoms with Crippen LogP contribution in [0, 0.1) is 46.3 Å². The van der Waals surface area contributed by atoms with Crippen molar-refractivity contribution in [2.45, 2.75) is 172 Å². The summed E-state index contributed by atoms with van der Waals surface area (Å²) in [6.45, 7) is 11.6. The van der Waals surface area contributed by atoms with Gasteiger partial charge in [0.2, 0.25) is 0 Å². The minimum atomic E-state index is -1.64. The lowest BCUT2D eigenvalue weighted by Gasteiger charge is -2.58. The molecule has 0 radical (unpaired) electrons. The molecule has 12 nitrogen and oxygen atoms in total. The first kappa shape index (κ1) is 37.2. The van der Waals surface area contributed by atoms with Gasteiger partial charge in [-0.15, -0.1) is 0 Å². The molecular weight excluding hydrogens is 660 g/mol. The summed E-state index contributed by atoms with van der Waals surface area (Å²) in [5, 5.41) is 62.5. The molecule has 290 valence electrons. The topological polar surface area (TPSA) is 177 Å². The Balaban J connectivity index is 0.902. The Hall–Kier alpha value is -0.740. The van der Waals surface area contributed by atoms with Crippen LogP contribution in [-0.4, -0.2) is 123 Å². The van der Waals surface area contributed by atoms with E-state index in [-0.39, 0.29) is 23.0 Å². The van der Waals surface area contributed by atoms with Gasteiger partial charge in [-0.1, -0.05) is 39.3 Å². The van der Waals surface area contributed by atoms with Crippen molar-refractivity contribution in [2.75, 3.05) is 13.2 Å². The van der Waals surface area contributed by atoms with E-state index < -0.39 is 73.8 Å². The van der Waals surface area contributed by atoms with Crippen LogP contribution in [0.1, 0.15) is 92.4 Å². The fraction of sp³-hybridized carbons (Fsp3) is 0.949. The van der Waals surface area contributed by atoms with E-state index in [4.69, 9.17) is 28.4 Å². The number of allylic oxidation sites excluding steroid dienone is 1. The number of hydrogen-bond donors (Lipinski definition) is 6. The summed E-state index contributed by atoms with van der Waals surface area (Å²) >= 11 is 0. The zero-order chi connectivity index (χ0) is 36.2. The van der Waals surface area contributed by atoms with E-state index in [2.05, 4.69) is 33.8 Å². The predicted molar refractivity (Wildman–Crippen MR) is 182 cm³/mol. The van der Waals surface area contributed by atoms with Crippen LogP contribution in [0.4, 0.5) is 0 Å². The molecule has 12 heteroatoms. The van der Waals surface area contributed by atoms with Gasteiger partial charge < -0.3 is 59.1 Å². The van der Waals surface area contributed by atoms with Crippen LogP contribution in [0.15, 0.2) is 11.6 Å². The molecule has 8 aliphatic rings. The van der Waals surface area contributed by atoms with Crippen LogP contribution < -0.4 is 0 Å². The Bertz CT molecular complexity index is 1300. The molecule has 6 N–H and O–H groups in total. The SMILES string of the molecule is CC1CCC2(OC1)OC1CC3C4CC=C5CC(OC6OC(C)C(OC7OC(CO)C(O)C(O)C7O)C(O)C6O)CCC5(C)C4CCC3(C)C1C2C. The van der Waals surface area contributed by atoms with Crippen LogP contribution in [0.3, 0.4) is 0 Å². The molecule has 7 fully saturated rings. The second kappa shape index (κ2) is 13.5. The Labute approximate surface area is 301 Å². The highest BCUT2D eigenvalue weighted by atomic mass is 16.7. The minimum absolute atomic E-state index is 0.0985. The van der Waals surface area contributed by atoms with E-state index in [9.17, 15) is 30.6 Å². The molecule has 4 heterocycles. The number of fused-ring (bicyclic) bond motifs is 7. The maximum Gasteiger partial charge on any atom is 0.187 e. The van der Waals surface area contributed by atoms with Crippen LogP contribution in [0.5, 0.6) is 0 Å². The van der Waals surface area contributed by atoms with Crippen LogP contribution in [-0.2, 0) is 28.4 Å². The minimum Gasteiger partial charge on any atom is -0.394 e. The van der Waals surface area contributed by atoms with Crippen molar-refractivity contribution < 1.29 is 59.1 Å². The van der Waals surface area contributed by atoms with Gasteiger partial charge in [-0.25, -0.2) is 0 Å². The maximum atomic E-state index is 11.1. The van der Waals surface area contributed by atoms with Crippen molar-refractivity contribution >= 4 is 0 Å². The third-order valence-corrected chi connectivity index (χ3v) is 15.6. The first-order chi connectivity index (χ1) is 24.2. The van der Waals surface area contributed by atoms with Gasteiger partial charge in [-0.2, -0.15) is 0 Å². The highest BCUT2D eigenvalue weighted by molar-refractivity contribution is 5.26. The third-order valence-electron chi connectivity index (χ3n) is 15.6. The zero-order valence-electron chi connectivity index (χ0n) is 30.9. The lowest BCUT2D eigenvalue weighted by molar-refractivity contribution is -0.359. The van der Waals surface area contributed by atoms with Gasteiger partial charge in [0.05, 0.1) is 31.5 Å². The van der Waals surface area contributed by atoms with Gasteiger partial charge in [0.1, 0.15) is 42.7 Å². The first-order valence-corrected chi connectivity index (χ1v) is 19.8. The van der Waals surface area contributed by atoms with E-state index in [1.807, 2.05) is 0 Å². The summed E-state index contributed by atoms with van der Waals surface area (Å²) in [7, 11) is 0.